The van der Waals surface area contributed by atoms with E-state index in [1.165, 1.54) is 11.1 Å². The number of benzene rings is 1. The molecular formula is C20H22N2O. The first-order valence-electron chi connectivity index (χ1n) is 8.26. The first kappa shape index (κ1) is 14.4. The van der Waals surface area contributed by atoms with E-state index in [9.17, 15) is 4.79 Å². The molecule has 1 aromatic carbocycles. The normalized spacial score (nSPS) is 26.0. The number of carbonyl (C=O) groups excluding carboxylic acids is 1. The molecule has 118 valence electrons. The number of aromatic amines is 1. The van der Waals surface area contributed by atoms with Crippen molar-refractivity contribution >= 4 is 5.78 Å². The summed E-state index contributed by atoms with van der Waals surface area (Å²) in [5, 5.41) is 7.44. The van der Waals surface area contributed by atoms with E-state index in [1.54, 1.807) is 0 Å². The number of hydrogen-bond acceptors (Lipinski definition) is 2. The molecule has 4 rings (SSSR count). The minimum atomic E-state index is -0.398. The van der Waals surface area contributed by atoms with Gasteiger partial charge >= 0.3 is 0 Å². The predicted octanol–water partition coefficient (Wildman–Crippen LogP) is 3.96. The van der Waals surface area contributed by atoms with Crippen LogP contribution in [0.5, 0.6) is 0 Å². The largest absolute Gasteiger partial charge is 0.294 e. The third-order valence-corrected chi connectivity index (χ3v) is 5.46. The maximum atomic E-state index is 13.1. The molecule has 2 aliphatic carbocycles. The number of allylic oxidation sites excluding steroid dienone is 2. The summed E-state index contributed by atoms with van der Waals surface area (Å²) in [5.41, 5.74) is 5.42. The highest BCUT2D eigenvalue weighted by Crippen LogP contribution is 2.51. The van der Waals surface area contributed by atoms with Crippen molar-refractivity contribution in [1.82, 2.24) is 10.2 Å². The zero-order valence-corrected chi connectivity index (χ0v) is 13.9. The van der Waals surface area contributed by atoms with Crippen molar-refractivity contribution in [1.29, 1.82) is 0 Å². The van der Waals surface area contributed by atoms with Gasteiger partial charge in [-0.25, -0.2) is 0 Å². The first-order chi connectivity index (χ1) is 10.9. The Balaban J connectivity index is 1.99. The summed E-state index contributed by atoms with van der Waals surface area (Å²) in [6, 6.07) is 10.4. The van der Waals surface area contributed by atoms with Crippen LogP contribution in [0, 0.1) is 5.41 Å². The van der Waals surface area contributed by atoms with Gasteiger partial charge in [0.1, 0.15) is 0 Å². The fraction of sp³-hybridized carbons (Fsp3) is 0.400. The van der Waals surface area contributed by atoms with Gasteiger partial charge in [0.15, 0.2) is 5.78 Å². The molecule has 0 fully saturated rings. The second-order valence-electron chi connectivity index (χ2n) is 7.85. The second kappa shape index (κ2) is 4.67. The molecule has 3 heteroatoms. The number of aromatic nitrogens is 2. The number of carbonyl (C=O) groups is 1. The Kier molecular flexibility index (Phi) is 2.93. The maximum absolute atomic E-state index is 13.1. The zero-order valence-electron chi connectivity index (χ0n) is 13.9. The van der Waals surface area contributed by atoms with Crippen LogP contribution < -0.4 is 0 Å². The standard InChI is InChI=1S/C20H22N2O/c1-19(2)10-13-9-16-15(12-21-22-16)20(3,18(13)17(23)11-19)14-7-5-4-6-8-14/h4-8,12H,9-11H2,1-3H3,(H,21,22). The molecule has 1 heterocycles. The summed E-state index contributed by atoms with van der Waals surface area (Å²) in [7, 11) is 0. The van der Waals surface area contributed by atoms with Gasteiger partial charge in [-0.3, -0.25) is 9.89 Å². The average molecular weight is 306 g/mol. The van der Waals surface area contributed by atoms with Crippen molar-refractivity contribution in [3.05, 3.63) is 64.5 Å². The summed E-state index contributed by atoms with van der Waals surface area (Å²) in [6.45, 7) is 6.56. The summed E-state index contributed by atoms with van der Waals surface area (Å²) < 4.78 is 0. The highest BCUT2D eigenvalue weighted by Gasteiger charge is 2.47. The Morgan fingerprint density at radius 3 is 2.57 bits per heavy atom. The minimum Gasteiger partial charge on any atom is -0.294 e. The second-order valence-corrected chi connectivity index (χ2v) is 7.85. The van der Waals surface area contributed by atoms with Gasteiger partial charge in [0.2, 0.25) is 0 Å². The lowest BCUT2D eigenvalue weighted by molar-refractivity contribution is -0.118. The van der Waals surface area contributed by atoms with Crippen LogP contribution in [0.3, 0.4) is 0 Å². The molecule has 1 N–H and O–H groups in total. The lowest BCUT2D eigenvalue weighted by Crippen LogP contribution is -2.40. The SMILES string of the molecule is CC1(C)CC(=O)C2=C(Cc3[nH]ncc3C2(C)c2ccccc2)C1. The van der Waals surface area contributed by atoms with Crippen molar-refractivity contribution in [3.8, 4) is 0 Å². The highest BCUT2D eigenvalue weighted by atomic mass is 16.1. The molecule has 1 aromatic heterocycles. The molecule has 0 saturated heterocycles. The summed E-state index contributed by atoms with van der Waals surface area (Å²) in [5.74, 6) is 0.300. The Labute approximate surface area is 136 Å². The number of H-pyrrole nitrogens is 1. The third kappa shape index (κ3) is 2.03. The van der Waals surface area contributed by atoms with E-state index in [0.717, 1.165) is 29.7 Å². The maximum Gasteiger partial charge on any atom is 0.160 e. The van der Waals surface area contributed by atoms with Gasteiger partial charge in [-0.05, 0) is 24.3 Å². The van der Waals surface area contributed by atoms with Gasteiger partial charge in [0.25, 0.3) is 0 Å². The number of ketones is 1. The quantitative estimate of drug-likeness (QED) is 0.867. The summed E-state index contributed by atoms with van der Waals surface area (Å²) in [6.07, 6.45) is 4.33. The Morgan fingerprint density at radius 1 is 1.09 bits per heavy atom. The lowest BCUT2D eigenvalue weighted by Gasteiger charge is -2.43. The fourth-order valence-corrected chi connectivity index (χ4v) is 4.53. The number of nitrogens with one attached hydrogen (secondary N) is 1. The van der Waals surface area contributed by atoms with Crippen LogP contribution in [-0.4, -0.2) is 16.0 Å². The molecule has 0 aliphatic heterocycles. The lowest BCUT2D eigenvalue weighted by atomic mass is 9.59. The Bertz CT molecular complexity index is 813. The molecule has 0 bridgehead atoms. The van der Waals surface area contributed by atoms with Gasteiger partial charge in [-0.2, -0.15) is 5.10 Å². The van der Waals surface area contributed by atoms with E-state index >= 15 is 0 Å². The smallest absolute Gasteiger partial charge is 0.160 e. The van der Waals surface area contributed by atoms with E-state index in [1.807, 2.05) is 24.4 Å². The predicted molar refractivity (Wildman–Crippen MR) is 90.2 cm³/mol. The molecule has 2 aliphatic rings. The van der Waals surface area contributed by atoms with Crippen LogP contribution in [0.25, 0.3) is 0 Å². The summed E-state index contributed by atoms with van der Waals surface area (Å²) in [4.78, 5) is 13.1. The zero-order chi connectivity index (χ0) is 16.2. The van der Waals surface area contributed by atoms with Crippen molar-refractivity contribution in [2.24, 2.45) is 5.41 Å². The number of Topliss-reactive ketones (excluding diaryl/α,β-unsaturated/α-hetero) is 1. The van der Waals surface area contributed by atoms with Gasteiger partial charge < -0.3 is 0 Å². The summed E-state index contributed by atoms with van der Waals surface area (Å²) >= 11 is 0. The molecule has 0 saturated carbocycles. The van der Waals surface area contributed by atoms with Crippen LogP contribution in [0.1, 0.15) is 50.4 Å². The first-order valence-corrected chi connectivity index (χ1v) is 8.26. The van der Waals surface area contributed by atoms with E-state index in [0.29, 0.717) is 12.2 Å². The molecule has 1 atom stereocenters. The number of hydrogen-bond donors (Lipinski definition) is 1. The molecule has 0 amide bonds. The van der Waals surface area contributed by atoms with E-state index in [4.69, 9.17) is 0 Å². The van der Waals surface area contributed by atoms with E-state index < -0.39 is 5.41 Å². The van der Waals surface area contributed by atoms with Crippen molar-refractivity contribution in [3.63, 3.8) is 0 Å². The third-order valence-electron chi connectivity index (χ3n) is 5.46. The number of rotatable bonds is 1. The highest BCUT2D eigenvalue weighted by molar-refractivity contribution is 6.01. The Hall–Kier alpha value is -2.16. The molecule has 2 aromatic rings. The van der Waals surface area contributed by atoms with Crippen LogP contribution in [0.15, 0.2) is 47.7 Å². The van der Waals surface area contributed by atoms with Gasteiger partial charge in [-0.15, -0.1) is 0 Å². The molecule has 23 heavy (non-hydrogen) atoms. The van der Waals surface area contributed by atoms with Crippen LogP contribution >= 0.6 is 0 Å². The molecular weight excluding hydrogens is 284 g/mol. The molecule has 0 spiro atoms. The number of fused-ring (bicyclic) bond motifs is 1. The fourth-order valence-electron chi connectivity index (χ4n) is 4.53. The van der Waals surface area contributed by atoms with Gasteiger partial charge in [0.05, 0.1) is 6.20 Å². The van der Waals surface area contributed by atoms with Gasteiger partial charge in [-0.1, -0.05) is 49.8 Å². The average Bonchev–Trinajstić information content (AvgIpc) is 2.95. The van der Waals surface area contributed by atoms with Crippen molar-refractivity contribution < 1.29 is 4.79 Å². The van der Waals surface area contributed by atoms with E-state index in [2.05, 4.69) is 43.1 Å². The van der Waals surface area contributed by atoms with Crippen LogP contribution in [0.4, 0.5) is 0 Å². The number of nitrogens with zero attached hydrogens (tertiary/aromatic N) is 1. The minimum absolute atomic E-state index is 0.0467. The van der Waals surface area contributed by atoms with Gasteiger partial charge in [0, 0.05) is 35.1 Å². The molecule has 3 nitrogen and oxygen atoms in total. The monoisotopic (exact) mass is 306 g/mol. The van der Waals surface area contributed by atoms with E-state index in [-0.39, 0.29) is 5.41 Å². The van der Waals surface area contributed by atoms with Crippen molar-refractivity contribution in [2.45, 2.75) is 45.4 Å². The topological polar surface area (TPSA) is 45.8 Å². The van der Waals surface area contributed by atoms with Crippen LogP contribution in [0.2, 0.25) is 0 Å². The molecule has 1 unspecified atom stereocenters. The van der Waals surface area contributed by atoms with Crippen molar-refractivity contribution in [2.75, 3.05) is 0 Å². The van der Waals surface area contributed by atoms with Crippen LogP contribution in [-0.2, 0) is 16.6 Å². The molecule has 0 radical (unpaired) electrons. The Morgan fingerprint density at radius 2 is 1.83 bits per heavy atom.